The average molecular weight is 331 g/mol. The molecule has 24 heavy (non-hydrogen) atoms. The van der Waals surface area contributed by atoms with E-state index in [1.807, 2.05) is 18.2 Å². The molecule has 5 nitrogen and oxygen atoms in total. The number of carbonyl (C=O) groups is 2. The summed E-state index contributed by atoms with van der Waals surface area (Å²) in [6.07, 6.45) is 5.88. The van der Waals surface area contributed by atoms with Crippen LogP contribution in [0.5, 0.6) is 0 Å². The number of hydrogen-bond donors (Lipinski definition) is 2. The minimum atomic E-state index is -0.555. The van der Waals surface area contributed by atoms with E-state index < -0.39 is 6.04 Å². The van der Waals surface area contributed by atoms with Crippen molar-refractivity contribution in [3.63, 3.8) is 0 Å². The fraction of sp³-hybridized carbons (Fsp3) is 0.579. The van der Waals surface area contributed by atoms with Crippen LogP contribution in [0.15, 0.2) is 30.3 Å². The molecule has 0 bridgehead atoms. The zero-order valence-corrected chi connectivity index (χ0v) is 15.0. The van der Waals surface area contributed by atoms with Crippen LogP contribution in [-0.4, -0.2) is 48.9 Å². The zero-order chi connectivity index (χ0) is 17.6. The molecule has 1 atom stereocenters. The van der Waals surface area contributed by atoms with E-state index in [1.54, 1.807) is 19.1 Å². The van der Waals surface area contributed by atoms with Crippen LogP contribution in [0.2, 0.25) is 0 Å². The molecule has 132 valence electrons. The molecule has 0 unspecified atom stereocenters. The minimum Gasteiger partial charge on any atom is -0.352 e. The molecule has 1 aliphatic rings. The third-order valence-corrected chi connectivity index (χ3v) is 5.10. The molecule has 0 heterocycles. The quantitative estimate of drug-likeness (QED) is 0.840. The number of carbonyl (C=O) groups excluding carboxylic acids is 2. The normalized spacial score (nSPS) is 18.0. The highest BCUT2D eigenvalue weighted by atomic mass is 16.2. The average Bonchev–Trinajstić information content (AvgIpc) is 2.61. The lowest BCUT2D eigenvalue weighted by Gasteiger charge is -2.43. The minimum absolute atomic E-state index is 0.0388. The molecule has 1 fully saturated rings. The van der Waals surface area contributed by atoms with E-state index in [-0.39, 0.29) is 17.4 Å². The fourth-order valence-corrected chi connectivity index (χ4v) is 3.33. The molecular formula is C19H29N3O2. The molecule has 0 radical (unpaired) electrons. The topological polar surface area (TPSA) is 61.4 Å². The van der Waals surface area contributed by atoms with Gasteiger partial charge in [0.1, 0.15) is 6.04 Å². The molecule has 1 aliphatic carbocycles. The first-order chi connectivity index (χ1) is 11.4. The van der Waals surface area contributed by atoms with Crippen molar-refractivity contribution in [1.29, 1.82) is 0 Å². The molecular weight excluding hydrogens is 302 g/mol. The van der Waals surface area contributed by atoms with Crippen LogP contribution >= 0.6 is 0 Å². The highest BCUT2D eigenvalue weighted by Gasteiger charge is 2.34. The summed E-state index contributed by atoms with van der Waals surface area (Å²) in [6, 6.07) is 8.40. The highest BCUT2D eigenvalue weighted by molar-refractivity contribution is 5.97. The van der Waals surface area contributed by atoms with Crippen LogP contribution in [0, 0.1) is 0 Å². The molecule has 1 aromatic rings. The standard InChI is InChI=1S/C19H29N3O2/c1-15(21-18(24)16-10-6-4-7-11-16)17(23)20-14-19(22(2)3)12-8-5-9-13-19/h4,6-7,10-11,15H,5,8-9,12-14H2,1-3H3,(H,20,23)(H,21,24)/t15-/m0/s1. The van der Waals surface area contributed by atoms with Gasteiger partial charge in [-0.3, -0.25) is 9.59 Å². The molecule has 0 aromatic heterocycles. The van der Waals surface area contributed by atoms with E-state index in [9.17, 15) is 9.59 Å². The van der Waals surface area contributed by atoms with E-state index in [1.165, 1.54) is 19.3 Å². The Morgan fingerprint density at radius 3 is 2.33 bits per heavy atom. The maximum Gasteiger partial charge on any atom is 0.251 e. The number of rotatable bonds is 6. The zero-order valence-electron chi connectivity index (χ0n) is 15.0. The molecule has 0 saturated heterocycles. The fourth-order valence-electron chi connectivity index (χ4n) is 3.33. The van der Waals surface area contributed by atoms with Gasteiger partial charge in [-0.05, 0) is 46.0 Å². The highest BCUT2D eigenvalue weighted by Crippen LogP contribution is 2.31. The van der Waals surface area contributed by atoms with Crippen LogP contribution < -0.4 is 10.6 Å². The van der Waals surface area contributed by atoms with Crippen LogP contribution in [-0.2, 0) is 4.79 Å². The van der Waals surface area contributed by atoms with Crippen molar-refractivity contribution in [2.75, 3.05) is 20.6 Å². The lowest BCUT2D eigenvalue weighted by Crippen LogP contribution is -2.56. The number of nitrogens with zero attached hydrogens (tertiary/aromatic N) is 1. The van der Waals surface area contributed by atoms with Gasteiger partial charge in [-0.2, -0.15) is 0 Å². The maximum absolute atomic E-state index is 12.4. The Labute approximate surface area is 144 Å². The summed E-state index contributed by atoms with van der Waals surface area (Å²) in [7, 11) is 4.16. The summed E-state index contributed by atoms with van der Waals surface area (Å²) in [5.41, 5.74) is 0.603. The van der Waals surface area contributed by atoms with Crippen molar-refractivity contribution >= 4 is 11.8 Å². The molecule has 5 heteroatoms. The van der Waals surface area contributed by atoms with Gasteiger partial charge >= 0.3 is 0 Å². The predicted molar refractivity (Wildman–Crippen MR) is 95.9 cm³/mol. The second kappa shape index (κ2) is 8.29. The first-order valence-electron chi connectivity index (χ1n) is 8.76. The van der Waals surface area contributed by atoms with E-state index in [0.717, 1.165) is 12.8 Å². The molecule has 1 saturated carbocycles. The Balaban J connectivity index is 1.88. The van der Waals surface area contributed by atoms with Crippen molar-refractivity contribution < 1.29 is 9.59 Å². The van der Waals surface area contributed by atoms with Crippen molar-refractivity contribution in [2.45, 2.75) is 50.6 Å². The lowest BCUT2D eigenvalue weighted by molar-refractivity contribution is -0.123. The van der Waals surface area contributed by atoms with E-state index in [4.69, 9.17) is 0 Å². The summed E-state index contributed by atoms with van der Waals surface area (Å²) in [4.78, 5) is 26.7. The van der Waals surface area contributed by atoms with E-state index in [0.29, 0.717) is 12.1 Å². The van der Waals surface area contributed by atoms with Crippen LogP contribution in [0.4, 0.5) is 0 Å². The van der Waals surface area contributed by atoms with Crippen LogP contribution in [0.3, 0.4) is 0 Å². The first-order valence-corrected chi connectivity index (χ1v) is 8.76. The molecule has 2 amide bonds. The van der Waals surface area contributed by atoms with Gasteiger partial charge in [0, 0.05) is 17.6 Å². The monoisotopic (exact) mass is 331 g/mol. The number of benzene rings is 1. The molecule has 2 N–H and O–H groups in total. The number of nitrogens with one attached hydrogen (secondary N) is 2. The van der Waals surface area contributed by atoms with Crippen molar-refractivity contribution in [1.82, 2.24) is 15.5 Å². The Morgan fingerprint density at radius 1 is 1.12 bits per heavy atom. The molecule has 1 aromatic carbocycles. The third kappa shape index (κ3) is 4.57. The summed E-state index contributed by atoms with van der Waals surface area (Å²) in [5.74, 6) is -0.357. The number of hydrogen-bond acceptors (Lipinski definition) is 3. The predicted octanol–water partition coefficient (Wildman–Crippen LogP) is 2.19. The Hall–Kier alpha value is -1.88. The number of amides is 2. The van der Waals surface area contributed by atoms with E-state index in [2.05, 4.69) is 29.6 Å². The van der Waals surface area contributed by atoms with E-state index >= 15 is 0 Å². The van der Waals surface area contributed by atoms with Gasteiger partial charge in [-0.25, -0.2) is 0 Å². The second-order valence-electron chi connectivity index (χ2n) is 6.96. The molecule has 0 spiro atoms. The van der Waals surface area contributed by atoms with Crippen LogP contribution in [0.25, 0.3) is 0 Å². The smallest absolute Gasteiger partial charge is 0.251 e. The summed E-state index contributed by atoms with van der Waals surface area (Å²) in [5, 5.41) is 5.80. The van der Waals surface area contributed by atoms with Gasteiger partial charge in [0.25, 0.3) is 5.91 Å². The van der Waals surface area contributed by atoms with Gasteiger partial charge in [0.05, 0.1) is 0 Å². The summed E-state index contributed by atoms with van der Waals surface area (Å²) < 4.78 is 0. The van der Waals surface area contributed by atoms with Crippen molar-refractivity contribution in [3.05, 3.63) is 35.9 Å². The first kappa shape index (κ1) is 18.5. The lowest BCUT2D eigenvalue weighted by atomic mass is 9.80. The van der Waals surface area contributed by atoms with Crippen LogP contribution in [0.1, 0.15) is 49.4 Å². The molecule has 0 aliphatic heterocycles. The second-order valence-corrected chi connectivity index (χ2v) is 6.96. The van der Waals surface area contributed by atoms with Crippen molar-refractivity contribution in [3.8, 4) is 0 Å². The summed E-state index contributed by atoms with van der Waals surface area (Å²) in [6.45, 7) is 2.35. The Bertz CT molecular complexity index is 551. The summed E-state index contributed by atoms with van der Waals surface area (Å²) >= 11 is 0. The molecule has 2 rings (SSSR count). The SMILES string of the molecule is C[C@H](NC(=O)c1ccccc1)C(=O)NCC1(N(C)C)CCCCC1. The maximum atomic E-state index is 12.4. The largest absolute Gasteiger partial charge is 0.352 e. The van der Waals surface area contributed by atoms with Gasteiger partial charge < -0.3 is 15.5 Å². The van der Waals surface area contributed by atoms with Gasteiger partial charge in [0.15, 0.2) is 0 Å². The number of likely N-dealkylation sites (N-methyl/N-ethyl adjacent to an activating group) is 1. The van der Waals surface area contributed by atoms with Gasteiger partial charge in [-0.15, -0.1) is 0 Å². The Kier molecular flexibility index (Phi) is 6.37. The Morgan fingerprint density at radius 2 is 1.75 bits per heavy atom. The third-order valence-electron chi connectivity index (χ3n) is 5.10. The van der Waals surface area contributed by atoms with Crippen molar-refractivity contribution in [2.24, 2.45) is 0 Å². The van der Waals surface area contributed by atoms with Gasteiger partial charge in [0.2, 0.25) is 5.91 Å². The van der Waals surface area contributed by atoms with Gasteiger partial charge in [-0.1, -0.05) is 37.5 Å².